The first-order valence-corrected chi connectivity index (χ1v) is 15.2. The average Bonchev–Trinajstić information content (AvgIpc) is 2.91. The highest BCUT2D eigenvalue weighted by Crippen LogP contribution is 2.53. The Bertz CT molecular complexity index is 804. The molecule has 2 bridgehead atoms. The van der Waals surface area contributed by atoms with E-state index in [0.717, 1.165) is 49.7 Å². The lowest BCUT2D eigenvalue weighted by Gasteiger charge is -2.53. The fourth-order valence-electron chi connectivity index (χ4n) is 10.6. The fraction of sp³-hybridized carbons (Fsp3) is 0.967. The Hall–Kier alpha value is -0.650. The summed E-state index contributed by atoms with van der Waals surface area (Å²) in [6.45, 7) is 8.68. The van der Waals surface area contributed by atoms with Gasteiger partial charge in [0, 0.05) is 50.1 Å². The number of carbonyl (C=O) groups is 1. The first-order chi connectivity index (χ1) is 16.7. The number of piperidine rings is 3. The summed E-state index contributed by atoms with van der Waals surface area (Å²) in [5.74, 6) is 5.15. The van der Waals surface area contributed by atoms with Crippen molar-refractivity contribution in [2.75, 3.05) is 20.1 Å². The predicted molar refractivity (Wildman–Crippen MR) is 140 cm³/mol. The number of nitrogens with one attached hydrogen (secondary N) is 1. The Kier molecular flexibility index (Phi) is 6.54. The number of amides is 1. The molecule has 12 atom stereocenters. The average molecular weight is 486 g/mol. The van der Waals surface area contributed by atoms with Crippen LogP contribution in [0.1, 0.15) is 91.4 Å². The highest BCUT2D eigenvalue weighted by molar-refractivity contribution is 5.73. The van der Waals surface area contributed by atoms with Crippen molar-refractivity contribution in [1.82, 2.24) is 15.1 Å². The van der Waals surface area contributed by atoms with Crippen molar-refractivity contribution >= 4 is 5.91 Å². The zero-order valence-corrected chi connectivity index (χ0v) is 22.8. The molecule has 0 radical (unpaired) electrons. The van der Waals surface area contributed by atoms with E-state index in [1.807, 2.05) is 0 Å². The first-order valence-electron chi connectivity index (χ1n) is 15.2. The summed E-state index contributed by atoms with van der Waals surface area (Å²) in [5, 5.41) is 16.3. The minimum Gasteiger partial charge on any atom is -0.388 e. The highest BCUT2D eigenvalue weighted by atomic mass is 16.3. The van der Waals surface area contributed by atoms with Gasteiger partial charge in [-0.2, -0.15) is 0 Å². The van der Waals surface area contributed by atoms with Crippen molar-refractivity contribution in [3.8, 4) is 0 Å². The summed E-state index contributed by atoms with van der Waals surface area (Å²) in [4.78, 5) is 17.2. The number of hydrogen-bond donors (Lipinski definition) is 2. The molecule has 35 heavy (non-hydrogen) atoms. The SMILES string of the molecule is CC(=O)N1CCC[C@@H]2[C@@H](C[C@H]3CC[C@]4(O)[C@H]5C[C@@H]6[C@@H](C[C@@H](C)C[C@@H]6N(C)C5)C[C@@H]4N3)C[C@H](C)C[C@@H]21. The molecule has 0 aromatic rings. The topological polar surface area (TPSA) is 55.8 Å². The molecule has 198 valence electrons. The van der Waals surface area contributed by atoms with Crippen molar-refractivity contribution < 1.29 is 9.90 Å². The number of aliphatic hydroxyl groups is 1. The molecular weight excluding hydrogens is 434 g/mol. The van der Waals surface area contributed by atoms with E-state index in [4.69, 9.17) is 0 Å². The standard InChI is InChI=1S/C30H51N3O2/c1-18-11-22-15-29-30(35,23-16-26(22)27(12-18)32(4)17-23)8-7-24(31-29)14-21-10-19(2)13-28-25(21)6-5-9-33(28)20(3)34/h18-19,21-29,31,35H,5-17H2,1-4H3/t18-,19+,21-,22+,23+,24-,25-,26-,27+,28+,29+,30+/m1/s1. The monoisotopic (exact) mass is 485 g/mol. The van der Waals surface area contributed by atoms with Crippen molar-refractivity contribution in [2.24, 2.45) is 41.4 Å². The lowest BCUT2D eigenvalue weighted by atomic mass is 9.64. The summed E-state index contributed by atoms with van der Waals surface area (Å²) >= 11 is 0. The number of rotatable bonds is 2. The maximum atomic E-state index is 12.4. The van der Waals surface area contributed by atoms with Crippen LogP contribution >= 0.6 is 0 Å². The van der Waals surface area contributed by atoms with Crippen LogP contribution in [-0.2, 0) is 4.79 Å². The number of likely N-dealkylation sites (tertiary alicyclic amines) is 2. The molecule has 0 unspecified atom stereocenters. The van der Waals surface area contributed by atoms with E-state index in [1.54, 1.807) is 6.92 Å². The molecule has 3 saturated heterocycles. The summed E-state index contributed by atoms with van der Waals surface area (Å²) in [7, 11) is 2.33. The van der Waals surface area contributed by atoms with E-state index in [9.17, 15) is 9.90 Å². The molecule has 2 N–H and O–H groups in total. The highest BCUT2D eigenvalue weighted by Gasteiger charge is 2.57. The third-order valence-electron chi connectivity index (χ3n) is 12.0. The number of fused-ring (bicyclic) bond motifs is 4. The quantitative estimate of drug-likeness (QED) is 0.613. The Morgan fingerprint density at radius 3 is 2.57 bits per heavy atom. The number of hydrogen-bond acceptors (Lipinski definition) is 4. The Morgan fingerprint density at radius 2 is 1.77 bits per heavy atom. The molecule has 1 amide bonds. The van der Waals surface area contributed by atoms with Gasteiger partial charge < -0.3 is 20.2 Å². The fourth-order valence-corrected chi connectivity index (χ4v) is 10.6. The molecule has 0 aromatic heterocycles. The predicted octanol–water partition coefficient (Wildman–Crippen LogP) is 4.29. The molecule has 3 aliphatic carbocycles. The third kappa shape index (κ3) is 4.30. The molecule has 3 aliphatic heterocycles. The van der Waals surface area contributed by atoms with E-state index in [0.29, 0.717) is 35.8 Å². The Morgan fingerprint density at radius 1 is 1.00 bits per heavy atom. The van der Waals surface area contributed by atoms with Gasteiger partial charge in [0.05, 0.1) is 5.60 Å². The summed E-state index contributed by atoms with van der Waals surface area (Å²) in [5.41, 5.74) is -0.533. The normalized spacial score (nSPS) is 52.3. The first kappa shape index (κ1) is 24.7. The zero-order chi connectivity index (χ0) is 24.5. The second kappa shape index (κ2) is 9.27. The molecule has 3 heterocycles. The molecule has 6 rings (SSSR count). The van der Waals surface area contributed by atoms with Crippen molar-refractivity contribution in [2.45, 2.75) is 121 Å². The Labute approximate surface area is 213 Å². The van der Waals surface area contributed by atoms with E-state index in [-0.39, 0.29) is 11.9 Å². The number of nitrogens with zero attached hydrogens (tertiary/aromatic N) is 2. The van der Waals surface area contributed by atoms with Gasteiger partial charge >= 0.3 is 0 Å². The lowest BCUT2D eigenvalue weighted by Crippen LogP contribution is -2.64. The molecule has 3 saturated carbocycles. The summed E-state index contributed by atoms with van der Waals surface area (Å²) in [6, 6.07) is 1.98. The number of carbonyl (C=O) groups excluding carboxylic acids is 1. The van der Waals surface area contributed by atoms with Crippen LogP contribution in [-0.4, -0.2) is 70.7 Å². The van der Waals surface area contributed by atoms with Crippen LogP contribution in [0.15, 0.2) is 0 Å². The van der Waals surface area contributed by atoms with Crippen LogP contribution in [0.3, 0.4) is 0 Å². The minimum atomic E-state index is -0.533. The summed E-state index contributed by atoms with van der Waals surface area (Å²) < 4.78 is 0. The lowest BCUT2D eigenvalue weighted by molar-refractivity contribution is -0.137. The van der Waals surface area contributed by atoms with Crippen molar-refractivity contribution in [3.63, 3.8) is 0 Å². The molecular formula is C30H51N3O2. The maximum absolute atomic E-state index is 12.4. The van der Waals surface area contributed by atoms with Gasteiger partial charge in [0.1, 0.15) is 0 Å². The minimum absolute atomic E-state index is 0.260. The van der Waals surface area contributed by atoms with Crippen LogP contribution in [0.2, 0.25) is 0 Å². The van der Waals surface area contributed by atoms with Crippen LogP contribution < -0.4 is 5.32 Å². The molecule has 6 aliphatic rings. The molecule has 0 spiro atoms. The van der Waals surface area contributed by atoms with Gasteiger partial charge in [-0.1, -0.05) is 13.8 Å². The Balaban J connectivity index is 1.19. The van der Waals surface area contributed by atoms with Gasteiger partial charge in [0.2, 0.25) is 5.91 Å². The van der Waals surface area contributed by atoms with E-state index in [2.05, 4.69) is 36.0 Å². The van der Waals surface area contributed by atoms with Gasteiger partial charge in [-0.25, -0.2) is 0 Å². The second-order valence-corrected chi connectivity index (χ2v) is 14.3. The van der Waals surface area contributed by atoms with Crippen molar-refractivity contribution in [1.29, 1.82) is 0 Å². The van der Waals surface area contributed by atoms with Crippen LogP contribution in [0.4, 0.5) is 0 Å². The maximum Gasteiger partial charge on any atom is 0.219 e. The third-order valence-corrected chi connectivity index (χ3v) is 12.0. The van der Waals surface area contributed by atoms with Crippen molar-refractivity contribution in [3.05, 3.63) is 0 Å². The van der Waals surface area contributed by atoms with E-state index < -0.39 is 5.60 Å². The van der Waals surface area contributed by atoms with E-state index >= 15 is 0 Å². The van der Waals surface area contributed by atoms with Gasteiger partial charge in [-0.05, 0) is 113 Å². The second-order valence-electron chi connectivity index (χ2n) is 14.3. The largest absolute Gasteiger partial charge is 0.388 e. The smallest absolute Gasteiger partial charge is 0.219 e. The van der Waals surface area contributed by atoms with Gasteiger partial charge in [-0.15, -0.1) is 0 Å². The van der Waals surface area contributed by atoms with Gasteiger partial charge in [0.25, 0.3) is 0 Å². The molecule has 5 nitrogen and oxygen atoms in total. The van der Waals surface area contributed by atoms with Crippen LogP contribution in [0, 0.1) is 41.4 Å². The van der Waals surface area contributed by atoms with Crippen LogP contribution in [0.25, 0.3) is 0 Å². The van der Waals surface area contributed by atoms with E-state index in [1.165, 1.54) is 57.8 Å². The van der Waals surface area contributed by atoms with Gasteiger partial charge in [-0.3, -0.25) is 4.79 Å². The summed E-state index contributed by atoms with van der Waals surface area (Å²) in [6.07, 6.45) is 13.4. The zero-order valence-electron chi connectivity index (χ0n) is 22.8. The molecule has 5 heteroatoms. The van der Waals surface area contributed by atoms with Gasteiger partial charge in [0.15, 0.2) is 0 Å². The molecule has 0 aromatic carbocycles. The van der Waals surface area contributed by atoms with Crippen LogP contribution in [0.5, 0.6) is 0 Å². The molecule has 6 fully saturated rings.